The van der Waals surface area contributed by atoms with E-state index in [4.69, 9.17) is 0 Å². The minimum Gasteiger partial charge on any atom is -0.145 e. The van der Waals surface area contributed by atoms with Gasteiger partial charge in [0.25, 0.3) is 0 Å². The molecule has 0 aliphatic rings. The summed E-state index contributed by atoms with van der Waals surface area (Å²) in [4.78, 5) is 3.09. The van der Waals surface area contributed by atoms with Crippen molar-refractivity contribution in [1.82, 2.24) is 0 Å². The Bertz CT molecular complexity index is 254. The molecule has 0 N–H and O–H groups in total. The van der Waals surface area contributed by atoms with Crippen LogP contribution in [0, 0.1) is 18.8 Å². The van der Waals surface area contributed by atoms with Crippen molar-refractivity contribution in [1.29, 1.82) is 0 Å². The van der Waals surface area contributed by atoms with Crippen LogP contribution in [0.1, 0.15) is 43.0 Å². The Morgan fingerprint density at radius 2 is 1.64 bits per heavy atom. The van der Waals surface area contributed by atoms with Gasteiger partial charge in [0.05, 0.1) is 0 Å². The van der Waals surface area contributed by atoms with E-state index in [-0.39, 0.29) is 0 Å². The largest absolute Gasteiger partial charge is 0.145 e. The summed E-state index contributed by atoms with van der Waals surface area (Å²) in [5.74, 6) is 1.55. The van der Waals surface area contributed by atoms with Gasteiger partial charge in [-0.05, 0) is 43.2 Å². The van der Waals surface area contributed by atoms with Crippen molar-refractivity contribution in [2.75, 3.05) is 0 Å². The molecule has 1 heterocycles. The second-order valence-electron chi connectivity index (χ2n) is 5.00. The molecule has 0 spiro atoms. The van der Waals surface area contributed by atoms with E-state index in [0.717, 1.165) is 11.8 Å². The van der Waals surface area contributed by atoms with Crippen LogP contribution in [0.15, 0.2) is 6.07 Å². The van der Waals surface area contributed by atoms with Crippen LogP contribution in [-0.4, -0.2) is 0 Å². The standard InChI is InChI=1S/C13H22S/c1-9(2)6-12-8-11(5)14-13(12)7-10(3)4/h8-10H,6-7H2,1-5H3. The van der Waals surface area contributed by atoms with E-state index in [9.17, 15) is 0 Å². The molecule has 0 fully saturated rings. The van der Waals surface area contributed by atoms with Crippen molar-refractivity contribution in [3.05, 3.63) is 21.4 Å². The van der Waals surface area contributed by atoms with Crippen LogP contribution in [0.2, 0.25) is 0 Å². The number of hydrogen-bond acceptors (Lipinski definition) is 1. The number of rotatable bonds is 4. The van der Waals surface area contributed by atoms with Crippen molar-refractivity contribution in [3.63, 3.8) is 0 Å². The fourth-order valence-corrected chi connectivity index (χ4v) is 3.05. The van der Waals surface area contributed by atoms with Crippen LogP contribution in [0.25, 0.3) is 0 Å². The lowest BCUT2D eigenvalue weighted by Gasteiger charge is -2.08. The van der Waals surface area contributed by atoms with Crippen LogP contribution in [-0.2, 0) is 12.8 Å². The highest BCUT2D eigenvalue weighted by atomic mass is 32.1. The predicted molar refractivity (Wildman–Crippen MR) is 66.1 cm³/mol. The molecule has 0 amide bonds. The summed E-state index contributed by atoms with van der Waals surface area (Å²) in [6, 6.07) is 2.38. The molecule has 1 aromatic rings. The van der Waals surface area contributed by atoms with Crippen molar-refractivity contribution in [3.8, 4) is 0 Å². The first-order valence-electron chi connectivity index (χ1n) is 5.57. The summed E-state index contributed by atoms with van der Waals surface area (Å²) in [5.41, 5.74) is 1.59. The molecular formula is C13H22S. The van der Waals surface area contributed by atoms with Crippen molar-refractivity contribution >= 4 is 11.3 Å². The Labute approximate surface area is 92.4 Å². The van der Waals surface area contributed by atoms with Crippen LogP contribution >= 0.6 is 11.3 Å². The van der Waals surface area contributed by atoms with E-state index in [1.807, 2.05) is 11.3 Å². The lowest BCUT2D eigenvalue weighted by molar-refractivity contribution is 0.622. The first-order valence-corrected chi connectivity index (χ1v) is 6.39. The molecule has 0 saturated carbocycles. The number of thiophene rings is 1. The number of hydrogen-bond donors (Lipinski definition) is 0. The fourth-order valence-electron chi connectivity index (χ4n) is 1.77. The van der Waals surface area contributed by atoms with Gasteiger partial charge < -0.3 is 0 Å². The van der Waals surface area contributed by atoms with E-state index < -0.39 is 0 Å². The Morgan fingerprint density at radius 1 is 1.07 bits per heavy atom. The third-order valence-electron chi connectivity index (χ3n) is 2.24. The summed E-state index contributed by atoms with van der Waals surface area (Å²) in [7, 11) is 0. The molecule has 0 atom stereocenters. The topological polar surface area (TPSA) is 0 Å². The molecule has 0 bridgehead atoms. The Morgan fingerprint density at radius 3 is 2.14 bits per heavy atom. The van der Waals surface area contributed by atoms with Crippen molar-refractivity contribution < 1.29 is 0 Å². The van der Waals surface area contributed by atoms with Gasteiger partial charge in [0.1, 0.15) is 0 Å². The molecule has 0 aliphatic heterocycles. The minimum absolute atomic E-state index is 0.773. The molecular weight excluding hydrogens is 188 g/mol. The van der Waals surface area contributed by atoms with Crippen molar-refractivity contribution in [2.24, 2.45) is 11.8 Å². The lowest BCUT2D eigenvalue weighted by atomic mass is 9.99. The van der Waals surface area contributed by atoms with Gasteiger partial charge in [-0.1, -0.05) is 27.7 Å². The van der Waals surface area contributed by atoms with Gasteiger partial charge in [0, 0.05) is 9.75 Å². The van der Waals surface area contributed by atoms with Gasteiger partial charge in [-0.25, -0.2) is 0 Å². The third kappa shape index (κ3) is 3.45. The summed E-state index contributed by atoms with van der Waals surface area (Å²) in [6.45, 7) is 11.4. The van der Waals surface area contributed by atoms with Crippen LogP contribution in [0.4, 0.5) is 0 Å². The fraction of sp³-hybridized carbons (Fsp3) is 0.692. The molecule has 1 aromatic heterocycles. The molecule has 1 heteroatoms. The maximum atomic E-state index is 2.38. The van der Waals surface area contributed by atoms with E-state index in [1.165, 1.54) is 17.7 Å². The van der Waals surface area contributed by atoms with Gasteiger partial charge in [0.15, 0.2) is 0 Å². The minimum atomic E-state index is 0.773. The van der Waals surface area contributed by atoms with Crippen LogP contribution in [0.5, 0.6) is 0 Å². The quantitative estimate of drug-likeness (QED) is 0.688. The molecule has 0 unspecified atom stereocenters. The maximum absolute atomic E-state index is 2.38. The highest BCUT2D eigenvalue weighted by Gasteiger charge is 2.09. The maximum Gasteiger partial charge on any atom is 0.00827 e. The molecule has 80 valence electrons. The molecule has 0 radical (unpaired) electrons. The van der Waals surface area contributed by atoms with Crippen LogP contribution in [0.3, 0.4) is 0 Å². The Kier molecular flexibility index (Phi) is 4.18. The van der Waals surface area contributed by atoms with Gasteiger partial charge in [0.2, 0.25) is 0 Å². The zero-order valence-corrected chi connectivity index (χ0v) is 10.9. The monoisotopic (exact) mass is 210 g/mol. The third-order valence-corrected chi connectivity index (χ3v) is 3.36. The van der Waals surface area contributed by atoms with E-state index in [2.05, 4.69) is 40.7 Å². The smallest absolute Gasteiger partial charge is 0.00827 e. The van der Waals surface area contributed by atoms with Gasteiger partial charge >= 0.3 is 0 Å². The second kappa shape index (κ2) is 4.97. The average molecular weight is 210 g/mol. The highest BCUT2D eigenvalue weighted by molar-refractivity contribution is 7.12. The van der Waals surface area contributed by atoms with E-state index >= 15 is 0 Å². The summed E-state index contributed by atoms with van der Waals surface area (Å²) >= 11 is 1.98. The highest BCUT2D eigenvalue weighted by Crippen LogP contribution is 2.26. The lowest BCUT2D eigenvalue weighted by Crippen LogP contribution is -1.99. The molecule has 0 nitrogen and oxygen atoms in total. The normalized spacial score (nSPS) is 11.6. The zero-order valence-electron chi connectivity index (χ0n) is 10.1. The van der Waals surface area contributed by atoms with E-state index in [0.29, 0.717) is 0 Å². The van der Waals surface area contributed by atoms with Gasteiger partial charge in [-0.2, -0.15) is 0 Å². The molecule has 0 aromatic carbocycles. The molecule has 0 saturated heterocycles. The van der Waals surface area contributed by atoms with Crippen molar-refractivity contribution in [2.45, 2.75) is 47.5 Å². The van der Waals surface area contributed by atoms with Gasteiger partial charge in [-0.3, -0.25) is 0 Å². The summed E-state index contributed by atoms with van der Waals surface area (Å²) < 4.78 is 0. The molecule has 1 rings (SSSR count). The van der Waals surface area contributed by atoms with Gasteiger partial charge in [-0.15, -0.1) is 11.3 Å². The summed E-state index contributed by atoms with van der Waals surface area (Å²) in [5, 5.41) is 0. The first-order chi connectivity index (χ1) is 6.49. The second-order valence-corrected chi connectivity index (χ2v) is 6.34. The number of aryl methyl sites for hydroxylation is 1. The SMILES string of the molecule is Cc1cc(CC(C)C)c(CC(C)C)s1. The Hall–Kier alpha value is -0.300. The van der Waals surface area contributed by atoms with Crippen LogP contribution < -0.4 is 0 Å². The average Bonchev–Trinajstić information content (AvgIpc) is 2.28. The van der Waals surface area contributed by atoms with E-state index in [1.54, 1.807) is 10.4 Å². The predicted octanol–water partition coefficient (Wildman–Crippen LogP) is 4.45. The Balaban J connectivity index is 2.80. The molecule has 14 heavy (non-hydrogen) atoms. The molecule has 0 aliphatic carbocycles. The first kappa shape index (κ1) is 11.8. The summed E-state index contributed by atoms with van der Waals surface area (Å²) in [6.07, 6.45) is 2.49. The zero-order chi connectivity index (χ0) is 10.7.